The summed E-state index contributed by atoms with van der Waals surface area (Å²) in [5.74, 6) is -0.159. The van der Waals surface area contributed by atoms with Crippen molar-refractivity contribution in [2.24, 2.45) is 0 Å². The summed E-state index contributed by atoms with van der Waals surface area (Å²) in [5.41, 5.74) is 0.205. The fourth-order valence-corrected chi connectivity index (χ4v) is 2.47. The van der Waals surface area contributed by atoms with Gasteiger partial charge in [0.25, 0.3) is 11.3 Å². The second-order valence-electron chi connectivity index (χ2n) is 4.93. The van der Waals surface area contributed by atoms with Crippen molar-refractivity contribution in [3.8, 4) is 0 Å². The number of H-pyrrole nitrogens is 1. The van der Waals surface area contributed by atoms with E-state index in [1.165, 1.54) is 4.52 Å². The molecule has 0 aliphatic carbocycles. The number of nitrogens with zero attached hydrogens (tertiary/aromatic N) is 4. The van der Waals surface area contributed by atoms with Gasteiger partial charge in [-0.25, -0.2) is 4.98 Å². The van der Waals surface area contributed by atoms with E-state index >= 15 is 0 Å². The van der Waals surface area contributed by atoms with Crippen molar-refractivity contribution in [2.75, 3.05) is 18.0 Å². The lowest BCUT2D eigenvalue weighted by atomic mass is 10.2. The molecule has 3 heterocycles. The molecule has 0 aromatic carbocycles. The fraction of sp³-hybridized carbons (Fsp3) is 0.500. The molecule has 8 nitrogen and oxygen atoms in total. The van der Waals surface area contributed by atoms with Gasteiger partial charge in [0.2, 0.25) is 5.95 Å². The van der Waals surface area contributed by atoms with Crippen molar-refractivity contribution in [3.05, 3.63) is 21.6 Å². The third kappa shape index (κ3) is 2.02. The molecule has 106 valence electrons. The molecule has 0 unspecified atom stereocenters. The Hall–Kier alpha value is -2.38. The van der Waals surface area contributed by atoms with Crippen LogP contribution in [0.15, 0.2) is 4.79 Å². The van der Waals surface area contributed by atoms with Crippen LogP contribution in [0.5, 0.6) is 0 Å². The summed E-state index contributed by atoms with van der Waals surface area (Å²) < 4.78 is 1.22. The largest absolute Gasteiger partial charge is 0.481 e. The van der Waals surface area contributed by atoms with Crippen LogP contribution >= 0.6 is 0 Å². The van der Waals surface area contributed by atoms with Gasteiger partial charge in [-0.2, -0.15) is 9.50 Å². The van der Waals surface area contributed by atoms with Crippen molar-refractivity contribution in [3.63, 3.8) is 0 Å². The highest BCUT2D eigenvalue weighted by molar-refractivity contribution is 5.70. The highest BCUT2D eigenvalue weighted by Crippen LogP contribution is 2.16. The number of aromatic amines is 1. The van der Waals surface area contributed by atoms with E-state index in [-0.39, 0.29) is 17.8 Å². The average molecular weight is 277 g/mol. The zero-order valence-corrected chi connectivity index (χ0v) is 11.1. The number of rotatable bonds is 3. The third-order valence-corrected chi connectivity index (χ3v) is 3.52. The molecule has 0 radical (unpaired) electrons. The zero-order chi connectivity index (χ0) is 14.3. The lowest BCUT2D eigenvalue weighted by molar-refractivity contribution is -0.136. The number of carbonyl (C=O) groups is 1. The lowest BCUT2D eigenvalue weighted by Crippen LogP contribution is -2.24. The summed E-state index contributed by atoms with van der Waals surface area (Å²) in [7, 11) is 0. The van der Waals surface area contributed by atoms with Crippen molar-refractivity contribution in [1.82, 2.24) is 19.6 Å². The van der Waals surface area contributed by atoms with Crippen LogP contribution in [0.3, 0.4) is 0 Å². The van der Waals surface area contributed by atoms with Gasteiger partial charge in [0.1, 0.15) is 0 Å². The van der Waals surface area contributed by atoms with Crippen molar-refractivity contribution >= 4 is 17.7 Å². The number of carboxylic acids is 1. The Morgan fingerprint density at radius 1 is 1.35 bits per heavy atom. The summed E-state index contributed by atoms with van der Waals surface area (Å²) in [6.07, 6.45) is 1.87. The molecule has 1 saturated heterocycles. The first-order valence-electron chi connectivity index (χ1n) is 6.51. The van der Waals surface area contributed by atoms with E-state index in [4.69, 9.17) is 5.11 Å². The van der Waals surface area contributed by atoms with E-state index in [1.807, 2.05) is 0 Å². The number of aryl methyl sites for hydroxylation is 1. The maximum Gasteiger partial charge on any atom is 0.308 e. The Morgan fingerprint density at radius 2 is 2.05 bits per heavy atom. The predicted octanol–water partition coefficient (Wildman–Crippen LogP) is -0.0467. The van der Waals surface area contributed by atoms with Gasteiger partial charge in [-0.1, -0.05) is 0 Å². The van der Waals surface area contributed by atoms with Crippen LogP contribution in [0.25, 0.3) is 5.78 Å². The van der Waals surface area contributed by atoms with Crippen molar-refractivity contribution in [2.45, 2.75) is 26.2 Å². The number of fused-ring (bicyclic) bond motifs is 1. The number of hydrogen-bond acceptors (Lipinski definition) is 5. The molecule has 1 fully saturated rings. The Labute approximate surface area is 114 Å². The van der Waals surface area contributed by atoms with Gasteiger partial charge in [0, 0.05) is 13.1 Å². The smallest absolute Gasteiger partial charge is 0.308 e. The standard InChI is InChI=1S/C12H15N5O3/c1-7-8(6-9(18)19)10(20)17-11(13-7)14-12(15-17)16-4-2-3-5-16/h2-6H2,1H3,(H,18,19)(H,13,14,15). The Bertz CT molecular complexity index is 727. The summed E-state index contributed by atoms with van der Waals surface area (Å²) >= 11 is 0. The Kier molecular flexibility index (Phi) is 2.92. The van der Waals surface area contributed by atoms with Gasteiger partial charge >= 0.3 is 5.97 Å². The summed E-state index contributed by atoms with van der Waals surface area (Å²) in [5, 5.41) is 11.8. The van der Waals surface area contributed by atoms with E-state index in [1.54, 1.807) is 6.92 Å². The van der Waals surface area contributed by atoms with Crippen LogP contribution < -0.4 is 10.5 Å². The highest BCUT2D eigenvalue weighted by Gasteiger charge is 2.19. The molecule has 0 spiro atoms. The van der Waals surface area contributed by atoms with Crippen LogP contribution in [-0.2, 0) is 11.2 Å². The molecule has 2 aromatic rings. The van der Waals surface area contributed by atoms with Crippen LogP contribution in [0.2, 0.25) is 0 Å². The number of carboxylic acid groups (broad SMARTS) is 1. The van der Waals surface area contributed by atoms with Crippen LogP contribution in [0, 0.1) is 6.92 Å². The summed E-state index contributed by atoms with van der Waals surface area (Å²) in [6, 6.07) is 0. The summed E-state index contributed by atoms with van der Waals surface area (Å²) in [6.45, 7) is 3.43. The molecule has 20 heavy (non-hydrogen) atoms. The number of anilines is 1. The lowest BCUT2D eigenvalue weighted by Gasteiger charge is -2.11. The Morgan fingerprint density at radius 3 is 2.70 bits per heavy atom. The van der Waals surface area contributed by atoms with Crippen LogP contribution in [-0.4, -0.2) is 43.7 Å². The molecule has 0 saturated carbocycles. The molecular weight excluding hydrogens is 262 g/mol. The molecule has 2 aromatic heterocycles. The quantitative estimate of drug-likeness (QED) is 0.815. The minimum atomic E-state index is -1.05. The third-order valence-electron chi connectivity index (χ3n) is 3.52. The molecule has 0 amide bonds. The predicted molar refractivity (Wildman–Crippen MR) is 71.1 cm³/mol. The van der Waals surface area contributed by atoms with E-state index in [2.05, 4.69) is 20.0 Å². The molecule has 1 aliphatic heterocycles. The van der Waals surface area contributed by atoms with Crippen LogP contribution in [0.4, 0.5) is 5.95 Å². The van der Waals surface area contributed by atoms with Crippen molar-refractivity contribution in [1.29, 1.82) is 0 Å². The molecule has 0 atom stereocenters. The van der Waals surface area contributed by atoms with Crippen LogP contribution in [0.1, 0.15) is 24.1 Å². The molecule has 0 bridgehead atoms. The zero-order valence-electron chi connectivity index (χ0n) is 11.1. The number of aliphatic carboxylic acids is 1. The monoisotopic (exact) mass is 277 g/mol. The highest BCUT2D eigenvalue weighted by atomic mass is 16.4. The summed E-state index contributed by atoms with van der Waals surface area (Å²) in [4.78, 5) is 33.7. The van der Waals surface area contributed by atoms with E-state index in [0.717, 1.165) is 25.9 Å². The first kappa shape index (κ1) is 12.6. The topological polar surface area (TPSA) is 104 Å². The first-order valence-corrected chi connectivity index (χ1v) is 6.51. The molecule has 3 rings (SSSR count). The maximum atomic E-state index is 12.3. The SMILES string of the molecule is Cc1nc2nc(N3CCCC3)[nH]n2c(=O)c1CC(=O)O. The van der Waals surface area contributed by atoms with Gasteiger partial charge in [-0.15, -0.1) is 0 Å². The molecule has 2 N–H and O–H groups in total. The van der Waals surface area contributed by atoms with Crippen molar-refractivity contribution < 1.29 is 9.90 Å². The minimum Gasteiger partial charge on any atom is -0.481 e. The number of hydrogen-bond donors (Lipinski definition) is 2. The second-order valence-corrected chi connectivity index (χ2v) is 4.93. The Balaban J connectivity index is 2.11. The van der Waals surface area contributed by atoms with Gasteiger partial charge < -0.3 is 10.0 Å². The number of aromatic nitrogens is 4. The van der Waals surface area contributed by atoms with Gasteiger partial charge in [0.15, 0.2) is 0 Å². The second kappa shape index (κ2) is 4.62. The molecule has 1 aliphatic rings. The molecular formula is C12H15N5O3. The van der Waals surface area contributed by atoms with Gasteiger partial charge in [0.05, 0.1) is 17.7 Å². The maximum absolute atomic E-state index is 12.3. The first-order chi connectivity index (χ1) is 9.56. The van der Waals surface area contributed by atoms with Gasteiger partial charge in [-0.05, 0) is 19.8 Å². The minimum absolute atomic E-state index is 0.187. The van der Waals surface area contributed by atoms with Gasteiger partial charge in [-0.3, -0.25) is 14.7 Å². The van der Waals surface area contributed by atoms with E-state index in [0.29, 0.717) is 11.6 Å². The molecule has 8 heteroatoms. The normalized spacial score (nSPS) is 15.2. The number of nitrogens with one attached hydrogen (secondary N) is 1. The van der Waals surface area contributed by atoms with E-state index < -0.39 is 11.5 Å². The average Bonchev–Trinajstić information content (AvgIpc) is 3.01. The fourth-order valence-electron chi connectivity index (χ4n) is 2.47. The van der Waals surface area contributed by atoms with E-state index in [9.17, 15) is 9.59 Å².